The van der Waals surface area contributed by atoms with E-state index in [4.69, 9.17) is 47.7 Å². The van der Waals surface area contributed by atoms with Crippen molar-refractivity contribution >= 4 is 35.8 Å². The van der Waals surface area contributed by atoms with Gasteiger partial charge in [0.05, 0.1) is 69.4 Å². The third kappa shape index (κ3) is 20.3. The fourth-order valence-corrected chi connectivity index (χ4v) is 7.42. The molecule has 0 aliphatic carbocycles. The molecule has 18 heteroatoms. The molecule has 3 N–H and O–H groups in total. The van der Waals surface area contributed by atoms with E-state index in [1.807, 2.05) is 26.8 Å². The summed E-state index contributed by atoms with van der Waals surface area (Å²) in [5.41, 5.74) is -1.81. The number of carboxylic acids is 1. The lowest BCUT2D eigenvalue weighted by molar-refractivity contribution is -0.357. The first-order valence-electron chi connectivity index (χ1n) is 22.1. The lowest BCUT2D eigenvalue weighted by Crippen LogP contribution is -2.63. The zero-order valence-corrected chi connectivity index (χ0v) is 39.4. The summed E-state index contributed by atoms with van der Waals surface area (Å²) in [5.74, 6) is -6.08. The van der Waals surface area contributed by atoms with Crippen molar-refractivity contribution in [3.63, 3.8) is 0 Å². The quantitative estimate of drug-likeness (QED) is 0.0546. The lowest BCUT2D eigenvalue weighted by atomic mass is 9.70. The molecule has 18 nitrogen and oxygen atoms in total. The summed E-state index contributed by atoms with van der Waals surface area (Å²) in [6, 6.07) is 0. The Morgan fingerprint density at radius 3 is 2.37 bits per heavy atom. The minimum Gasteiger partial charge on any atom is -0.481 e. The fraction of sp³-hybridized carbons (Fsp3) is 0.702. The summed E-state index contributed by atoms with van der Waals surface area (Å²) in [4.78, 5) is 74.0. The van der Waals surface area contributed by atoms with Gasteiger partial charge in [-0.2, -0.15) is 0 Å². The number of cyclic esters (lactones) is 1. The number of hydrogen-bond acceptors (Lipinski definition) is 17. The highest BCUT2D eigenvalue weighted by Crippen LogP contribution is 2.50. The monoisotopic (exact) mass is 924 g/mol. The molecule has 368 valence electrons. The largest absolute Gasteiger partial charge is 0.481 e. The van der Waals surface area contributed by atoms with Crippen molar-refractivity contribution in [2.45, 2.75) is 168 Å². The van der Waals surface area contributed by atoms with E-state index in [2.05, 4.69) is 0 Å². The highest BCUT2D eigenvalue weighted by molar-refractivity contribution is 5.84. The van der Waals surface area contributed by atoms with Crippen molar-refractivity contribution in [2.24, 2.45) is 10.8 Å². The molecule has 2 aliphatic rings. The third-order valence-corrected chi connectivity index (χ3v) is 11.1. The predicted molar refractivity (Wildman–Crippen MR) is 233 cm³/mol. The average molecular weight is 925 g/mol. The van der Waals surface area contributed by atoms with Gasteiger partial charge in [-0.25, -0.2) is 9.59 Å². The Labute approximate surface area is 382 Å². The second-order valence-corrected chi connectivity index (χ2v) is 17.5. The zero-order chi connectivity index (χ0) is 48.8. The SMILES string of the molecule is CCC/C=C/C=C/C(=O)OC/C(=C/C(=O)OC)CC1CCOC(=O)C[C@H](O)CC2CC(OC(C)=O)C(C)(C)[C@](OC)(C[C@H](CC(C)OC(=O)CCC(=O)O)OC/C=C/C(C)(C)C(O)O1)O2. The van der Waals surface area contributed by atoms with Crippen molar-refractivity contribution in [1.29, 1.82) is 0 Å². The van der Waals surface area contributed by atoms with Gasteiger partial charge < -0.3 is 58.0 Å². The van der Waals surface area contributed by atoms with E-state index in [-0.39, 0.29) is 70.3 Å². The van der Waals surface area contributed by atoms with E-state index in [9.17, 15) is 39.0 Å². The standard InChI is InChI=1S/C47H72O18/c1-10-11-12-13-14-16-40(52)61-30-33(25-42(54)57-8)24-35-19-22-60-43(55)27-34(49)26-36-28-38(63-32(3)48)46(6,7)47(58-9,65-36)29-37(23-31(2)62-41(53)18-17-39(50)51)59-21-15-20-45(4,5)44(56)64-35/h12-16,20,25,31,34-38,44,49,56H,10-11,17-19,21-24,26-30H2,1-9H3,(H,50,51)/b13-12+,16-14+,20-15+,33-25+/t31?,34-,35?,36?,37+,38?,44?,47+/m1/s1. The number of hydrogen-bond donors (Lipinski definition) is 3. The number of carbonyl (C=O) groups excluding carboxylic acids is 5. The number of aliphatic carboxylic acids is 1. The molecule has 0 aromatic rings. The minimum absolute atomic E-state index is 0.00635. The summed E-state index contributed by atoms with van der Waals surface area (Å²) in [6.45, 7) is 11.4. The number of ether oxygens (including phenoxy) is 9. The van der Waals surface area contributed by atoms with Gasteiger partial charge in [-0.1, -0.05) is 71.4 Å². The maximum absolute atomic E-state index is 13.1. The van der Waals surface area contributed by atoms with E-state index in [0.717, 1.165) is 18.9 Å². The molecule has 1 saturated heterocycles. The molecular formula is C47H72O18. The number of esters is 5. The molecule has 0 radical (unpaired) electrons. The molecule has 8 atom stereocenters. The molecule has 2 heterocycles. The molecule has 2 rings (SSSR count). The normalized spacial score (nSPS) is 28.0. The van der Waals surface area contributed by atoms with Crippen LogP contribution in [0, 0.1) is 10.8 Å². The molecule has 65 heavy (non-hydrogen) atoms. The van der Waals surface area contributed by atoms with Crippen LogP contribution in [0.3, 0.4) is 0 Å². The van der Waals surface area contributed by atoms with Gasteiger partial charge in [0, 0.05) is 63.7 Å². The van der Waals surface area contributed by atoms with Crippen LogP contribution in [0.25, 0.3) is 0 Å². The number of allylic oxidation sites excluding steroid dienone is 3. The van der Waals surface area contributed by atoms with Gasteiger partial charge in [0.25, 0.3) is 0 Å². The summed E-state index contributed by atoms with van der Waals surface area (Å²) >= 11 is 0. The Balaban J connectivity index is 2.53. The van der Waals surface area contributed by atoms with Crippen LogP contribution in [-0.2, 0) is 71.4 Å². The number of unbranched alkanes of at least 4 members (excludes halogenated alkanes) is 1. The summed E-state index contributed by atoms with van der Waals surface area (Å²) < 4.78 is 52.5. The van der Waals surface area contributed by atoms with Gasteiger partial charge in [-0.3, -0.25) is 19.2 Å². The second kappa shape index (κ2) is 27.9. The van der Waals surface area contributed by atoms with Crippen molar-refractivity contribution in [3.05, 3.63) is 48.1 Å². The summed E-state index contributed by atoms with van der Waals surface area (Å²) in [5, 5.41) is 31.7. The Kier molecular flexibility index (Phi) is 24.3. The van der Waals surface area contributed by atoms with E-state index >= 15 is 0 Å². The number of methoxy groups -OCH3 is 2. The smallest absolute Gasteiger partial charge is 0.331 e. The van der Waals surface area contributed by atoms with E-state index < -0.39 is 108 Å². The Morgan fingerprint density at radius 2 is 1.72 bits per heavy atom. The van der Waals surface area contributed by atoms with Crippen molar-refractivity contribution in [3.8, 4) is 0 Å². The van der Waals surface area contributed by atoms with Crippen molar-refractivity contribution in [2.75, 3.05) is 34.0 Å². The van der Waals surface area contributed by atoms with Gasteiger partial charge in [0.2, 0.25) is 0 Å². The number of carbonyl (C=O) groups is 6. The van der Waals surface area contributed by atoms with Gasteiger partial charge in [-0.15, -0.1) is 0 Å². The molecular weight excluding hydrogens is 852 g/mol. The molecule has 0 spiro atoms. The molecule has 5 unspecified atom stereocenters. The highest BCUT2D eigenvalue weighted by atomic mass is 16.7. The fourth-order valence-electron chi connectivity index (χ4n) is 7.42. The molecule has 1 fully saturated rings. The van der Waals surface area contributed by atoms with Crippen LogP contribution in [0.1, 0.15) is 119 Å². The van der Waals surface area contributed by atoms with Crippen LogP contribution < -0.4 is 0 Å². The third-order valence-electron chi connectivity index (χ3n) is 11.1. The van der Waals surface area contributed by atoms with E-state index in [1.54, 1.807) is 45.1 Å². The Hall–Kier alpha value is -4.46. The van der Waals surface area contributed by atoms with Crippen LogP contribution in [-0.4, -0.2) is 134 Å². The van der Waals surface area contributed by atoms with Crippen LogP contribution in [0.5, 0.6) is 0 Å². The molecule has 0 aromatic heterocycles. The van der Waals surface area contributed by atoms with E-state index in [0.29, 0.717) is 0 Å². The maximum Gasteiger partial charge on any atom is 0.331 e. The Bertz CT molecular complexity index is 1680. The molecule has 2 bridgehead atoms. The lowest BCUT2D eigenvalue weighted by Gasteiger charge is -2.55. The summed E-state index contributed by atoms with van der Waals surface area (Å²) in [6.07, 6.45) is 4.86. The minimum atomic E-state index is -1.53. The number of rotatable bonds is 17. The van der Waals surface area contributed by atoms with Crippen LogP contribution >= 0.6 is 0 Å². The first-order chi connectivity index (χ1) is 30.6. The number of fused-ring (bicyclic) bond motifs is 2. The average Bonchev–Trinajstić information content (AvgIpc) is 3.21. The van der Waals surface area contributed by atoms with E-state index in [1.165, 1.54) is 27.2 Å². The number of carboxylic acid groups (broad SMARTS) is 1. The van der Waals surface area contributed by atoms with Crippen LogP contribution in [0.2, 0.25) is 0 Å². The highest BCUT2D eigenvalue weighted by Gasteiger charge is 2.59. The first-order valence-corrected chi connectivity index (χ1v) is 22.1. The van der Waals surface area contributed by atoms with Gasteiger partial charge in [-0.05, 0) is 25.3 Å². The van der Waals surface area contributed by atoms with Gasteiger partial charge in [0.1, 0.15) is 18.8 Å². The summed E-state index contributed by atoms with van der Waals surface area (Å²) in [7, 11) is 2.62. The van der Waals surface area contributed by atoms with Crippen LogP contribution in [0.4, 0.5) is 0 Å². The number of aliphatic hydroxyl groups is 2. The van der Waals surface area contributed by atoms with Crippen LogP contribution in [0.15, 0.2) is 48.1 Å². The molecule has 0 saturated carbocycles. The molecule has 2 aliphatic heterocycles. The van der Waals surface area contributed by atoms with Gasteiger partial charge in [0.15, 0.2) is 12.1 Å². The van der Waals surface area contributed by atoms with Crippen molar-refractivity contribution < 1.29 is 86.7 Å². The van der Waals surface area contributed by atoms with Gasteiger partial charge >= 0.3 is 35.8 Å². The zero-order valence-electron chi connectivity index (χ0n) is 39.4. The predicted octanol–water partition coefficient (Wildman–Crippen LogP) is 5.36. The number of aliphatic hydroxyl groups excluding tert-OH is 2. The second-order valence-electron chi connectivity index (χ2n) is 17.5. The maximum atomic E-state index is 13.1. The first kappa shape index (κ1) is 56.7. The molecule has 0 aromatic carbocycles. The van der Waals surface area contributed by atoms with Crippen molar-refractivity contribution in [1.82, 2.24) is 0 Å². The Morgan fingerprint density at radius 1 is 1.00 bits per heavy atom. The topological polar surface area (TPSA) is 246 Å². The molecule has 0 amide bonds.